The second-order valence-corrected chi connectivity index (χ2v) is 3.49. The molecule has 1 aromatic carbocycles. The van der Waals surface area contributed by atoms with Gasteiger partial charge in [0.25, 0.3) is 0 Å². The van der Waals surface area contributed by atoms with Gasteiger partial charge in [0.15, 0.2) is 0 Å². The van der Waals surface area contributed by atoms with E-state index in [0.717, 1.165) is 17.7 Å². The highest BCUT2D eigenvalue weighted by molar-refractivity contribution is 5.46. The maximum atomic E-state index is 10.3. The lowest BCUT2D eigenvalue weighted by atomic mass is 10.2. The molecule has 1 amide bonds. The fraction of sp³-hybridized carbons (Fsp3) is 0.417. The highest BCUT2D eigenvalue weighted by atomic mass is 16.5. The molecule has 0 aromatic heterocycles. The fourth-order valence-electron chi connectivity index (χ4n) is 1.17. The van der Waals surface area contributed by atoms with Gasteiger partial charge >= 0.3 is 0 Å². The minimum atomic E-state index is 0.543. The summed E-state index contributed by atoms with van der Waals surface area (Å²) in [7, 11) is 3.37. The molecule has 0 bridgehead atoms. The van der Waals surface area contributed by atoms with Crippen LogP contribution in [0.5, 0.6) is 5.75 Å². The van der Waals surface area contributed by atoms with Gasteiger partial charge in [0.1, 0.15) is 5.75 Å². The van der Waals surface area contributed by atoms with Crippen molar-refractivity contribution < 1.29 is 14.3 Å². The maximum Gasteiger partial charge on any atom is 0.209 e. The Bertz CT molecular complexity index is 311. The summed E-state index contributed by atoms with van der Waals surface area (Å²) >= 11 is 0. The Morgan fingerprint density at radius 1 is 1.31 bits per heavy atom. The topological polar surface area (TPSA) is 38.8 Å². The van der Waals surface area contributed by atoms with Crippen molar-refractivity contribution in [3.63, 3.8) is 0 Å². The van der Waals surface area contributed by atoms with Gasteiger partial charge in [-0.05, 0) is 17.7 Å². The normalized spacial score (nSPS) is 9.88. The fourth-order valence-corrected chi connectivity index (χ4v) is 1.17. The Hall–Kier alpha value is -1.55. The van der Waals surface area contributed by atoms with Crippen molar-refractivity contribution in [2.45, 2.75) is 6.61 Å². The standard InChI is InChI=1S/C12H17NO3/c1-13(10-14)7-8-16-9-11-3-5-12(15-2)6-4-11/h3-6,10H,7-9H2,1-2H3. The first-order chi connectivity index (χ1) is 7.76. The van der Waals surface area contributed by atoms with E-state index in [9.17, 15) is 4.79 Å². The first-order valence-corrected chi connectivity index (χ1v) is 5.12. The van der Waals surface area contributed by atoms with Crippen LogP contribution in [0.3, 0.4) is 0 Å². The van der Waals surface area contributed by atoms with Crippen LogP contribution in [0.2, 0.25) is 0 Å². The monoisotopic (exact) mass is 223 g/mol. The van der Waals surface area contributed by atoms with E-state index < -0.39 is 0 Å². The number of rotatable bonds is 7. The number of hydrogen-bond acceptors (Lipinski definition) is 3. The first kappa shape index (κ1) is 12.5. The summed E-state index contributed by atoms with van der Waals surface area (Å²) in [6, 6.07) is 7.72. The van der Waals surface area contributed by atoms with Crippen LogP contribution in [-0.4, -0.2) is 38.6 Å². The van der Waals surface area contributed by atoms with Crippen molar-refractivity contribution in [2.24, 2.45) is 0 Å². The molecule has 4 heteroatoms. The number of amides is 1. The number of carbonyl (C=O) groups is 1. The zero-order chi connectivity index (χ0) is 11.8. The molecule has 0 atom stereocenters. The van der Waals surface area contributed by atoms with Crippen molar-refractivity contribution in [3.05, 3.63) is 29.8 Å². The highest BCUT2D eigenvalue weighted by Crippen LogP contribution is 2.11. The largest absolute Gasteiger partial charge is 0.497 e. The summed E-state index contributed by atoms with van der Waals surface area (Å²) in [6.07, 6.45) is 0.788. The van der Waals surface area contributed by atoms with E-state index in [1.165, 1.54) is 0 Å². The van der Waals surface area contributed by atoms with E-state index in [4.69, 9.17) is 9.47 Å². The molecule has 4 nitrogen and oxygen atoms in total. The average Bonchev–Trinajstić information content (AvgIpc) is 2.35. The summed E-state index contributed by atoms with van der Waals surface area (Å²) in [6.45, 7) is 1.71. The summed E-state index contributed by atoms with van der Waals surface area (Å²) in [5.74, 6) is 0.837. The van der Waals surface area contributed by atoms with Gasteiger partial charge in [0.2, 0.25) is 6.41 Å². The van der Waals surface area contributed by atoms with Gasteiger partial charge in [0.05, 0.1) is 20.3 Å². The lowest BCUT2D eigenvalue weighted by Crippen LogP contribution is -2.21. The molecule has 0 N–H and O–H groups in total. The number of methoxy groups -OCH3 is 1. The summed E-state index contributed by atoms with van der Waals surface area (Å²) in [4.78, 5) is 11.8. The smallest absolute Gasteiger partial charge is 0.209 e. The molecule has 0 spiro atoms. The number of hydrogen-bond donors (Lipinski definition) is 0. The molecule has 0 heterocycles. The van der Waals surface area contributed by atoms with E-state index in [1.807, 2.05) is 24.3 Å². The SMILES string of the molecule is COc1ccc(COCCN(C)C=O)cc1. The minimum absolute atomic E-state index is 0.543. The Morgan fingerprint density at radius 2 is 2.00 bits per heavy atom. The lowest BCUT2D eigenvalue weighted by molar-refractivity contribution is -0.117. The third-order valence-corrected chi connectivity index (χ3v) is 2.20. The first-order valence-electron chi connectivity index (χ1n) is 5.12. The summed E-state index contributed by atoms with van der Waals surface area (Å²) in [5, 5.41) is 0. The lowest BCUT2D eigenvalue weighted by Gasteiger charge is -2.10. The van der Waals surface area contributed by atoms with Crippen molar-refractivity contribution in [2.75, 3.05) is 27.3 Å². The minimum Gasteiger partial charge on any atom is -0.497 e. The van der Waals surface area contributed by atoms with Crippen LogP contribution in [-0.2, 0) is 16.1 Å². The molecule has 88 valence electrons. The van der Waals surface area contributed by atoms with Crippen LogP contribution in [0.15, 0.2) is 24.3 Å². The molecular weight excluding hydrogens is 206 g/mol. The van der Waals surface area contributed by atoms with Gasteiger partial charge in [-0.25, -0.2) is 0 Å². The molecule has 1 rings (SSSR count). The second-order valence-electron chi connectivity index (χ2n) is 3.49. The van der Waals surface area contributed by atoms with Gasteiger partial charge in [-0.2, -0.15) is 0 Å². The average molecular weight is 223 g/mol. The molecule has 0 aliphatic heterocycles. The predicted octanol–water partition coefficient (Wildman–Crippen LogP) is 1.30. The third-order valence-electron chi connectivity index (χ3n) is 2.20. The Kier molecular flexibility index (Phi) is 5.36. The molecule has 0 fully saturated rings. The highest BCUT2D eigenvalue weighted by Gasteiger charge is 1.96. The molecule has 0 saturated carbocycles. The van der Waals surface area contributed by atoms with Crippen molar-refractivity contribution in [1.82, 2.24) is 4.90 Å². The van der Waals surface area contributed by atoms with Crippen LogP contribution in [0.1, 0.15) is 5.56 Å². The Labute approximate surface area is 95.8 Å². The summed E-state index contributed by atoms with van der Waals surface area (Å²) < 4.78 is 10.5. The number of ether oxygens (including phenoxy) is 2. The summed E-state index contributed by atoms with van der Waals surface area (Å²) in [5.41, 5.74) is 1.09. The van der Waals surface area contributed by atoms with Crippen LogP contribution >= 0.6 is 0 Å². The van der Waals surface area contributed by atoms with Crippen LogP contribution < -0.4 is 4.74 Å². The maximum absolute atomic E-state index is 10.3. The molecule has 0 unspecified atom stereocenters. The van der Waals surface area contributed by atoms with Gasteiger partial charge in [-0.15, -0.1) is 0 Å². The number of carbonyl (C=O) groups excluding carboxylic acids is 1. The van der Waals surface area contributed by atoms with Gasteiger partial charge < -0.3 is 14.4 Å². The van der Waals surface area contributed by atoms with E-state index in [1.54, 1.807) is 19.1 Å². The van der Waals surface area contributed by atoms with Crippen LogP contribution in [0.25, 0.3) is 0 Å². The van der Waals surface area contributed by atoms with E-state index >= 15 is 0 Å². The number of nitrogens with zero attached hydrogens (tertiary/aromatic N) is 1. The molecule has 0 saturated heterocycles. The molecule has 16 heavy (non-hydrogen) atoms. The zero-order valence-corrected chi connectivity index (χ0v) is 9.68. The van der Waals surface area contributed by atoms with Gasteiger partial charge in [0, 0.05) is 13.6 Å². The number of likely N-dealkylation sites (N-methyl/N-ethyl adjacent to an activating group) is 1. The van der Waals surface area contributed by atoms with E-state index in [2.05, 4.69) is 0 Å². The molecule has 0 radical (unpaired) electrons. The third kappa shape index (κ3) is 4.31. The molecule has 0 aliphatic carbocycles. The molecule has 1 aromatic rings. The second kappa shape index (κ2) is 6.85. The quantitative estimate of drug-likeness (QED) is 0.516. The van der Waals surface area contributed by atoms with Crippen LogP contribution in [0, 0.1) is 0 Å². The predicted molar refractivity (Wildman–Crippen MR) is 61.3 cm³/mol. The number of benzene rings is 1. The van der Waals surface area contributed by atoms with Gasteiger partial charge in [-0.1, -0.05) is 12.1 Å². The molecule has 0 aliphatic rings. The Morgan fingerprint density at radius 3 is 2.56 bits per heavy atom. The van der Waals surface area contributed by atoms with Gasteiger partial charge in [-0.3, -0.25) is 4.79 Å². The van der Waals surface area contributed by atoms with Crippen molar-refractivity contribution >= 4 is 6.41 Å². The van der Waals surface area contributed by atoms with Crippen LogP contribution in [0.4, 0.5) is 0 Å². The van der Waals surface area contributed by atoms with E-state index in [0.29, 0.717) is 19.8 Å². The van der Waals surface area contributed by atoms with Crippen molar-refractivity contribution in [3.8, 4) is 5.75 Å². The molecular formula is C12H17NO3. The van der Waals surface area contributed by atoms with E-state index in [-0.39, 0.29) is 0 Å². The van der Waals surface area contributed by atoms with Crippen molar-refractivity contribution in [1.29, 1.82) is 0 Å². The Balaban J connectivity index is 2.24. The zero-order valence-electron chi connectivity index (χ0n) is 9.68.